The summed E-state index contributed by atoms with van der Waals surface area (Å²) in [7, 11) is -44.4. The predicted molar refractivity (Wildman–Crippen MR) is 139 cm³/mol. The van der Waals surface area contributed by atoms with Crippen LogP contribution in [-0.2, 0) is 67.1 Å². The molecule has 12 N–H and O–H groups in total. The molecular formula is C10H20N5O25P7. The molecule has 3 rings (SSSR count). The molecule has 0 radical (unpaired) electrons. The average molecular weight is 827 g/mol. The first-order valence-corrected chi connectivity index (χ1v) is 21.4. The van der Waals surface area contributed by atoms with E-state index in [9.17, 15) is 56.8 Å². The molecule has 0 aliphatic carbocycles. The molecule has 0 amide bonds. The molecule has 3 heterocycles. The summed E-state index contributed by atoms with van der Waals surface area (Å²) in [4.78, 5) is 84.0. The van der Waals surface area contributed by atoms with Gasteiger partial charge in [0, 0.05) is 0 Å². The van der Waals surface area contributed by atoms with Crippen LogP contribution in [0.5, 0.6) is 0 Å². The van der Waals surface area contributed by atoms with Gasteiger partial charge in [0.25, 0.3) is 0 Å². The van der Waals surface area contributed by atoms with Gasteiger partial charge in [-0.1, -0.05) is 0 Å². The Balaban J connectivity index is 1.86. The third kappa shape index (κ3) is 11.9. The van der Waals surface area contributed by atoms with Gasteiger partial charge >= 0.3 is 54.8 Å². The van der Waals surface area contributed by atoms with Crippen molar-refractivity contribution >= 4 is 71.7 Å². The molecule has 30 nitrogen and oxygen atoms in total. The van der Waals surface area contributed by atoms with Crippen molar-refractivity contribution < 1.29 is 116 Å². The molecule has 1 aliphatic rings. The van der Waals surface area contributed by atoms with E-state index >= 15 is 0 Å². The maximum absolute atomic E-state index is 13.1. The summed E-state index contributed by atoms with van der Waals surface area (Å²) in [5, 5.41) is 20.9. The number of anilines is 1. The van der Waals surface area contributed by atoms with Gasteiger partial charge in [-0.15, -0.1) is 0 Å². The zero-order valence-corrected chi connectivity index (χ0v) is 28.0. The molecule has 0 saturated carbocycles. The third-order valence-electron chi connectivity index (χ3n) is 4.63. The number of imidazole rings is 1. The first-order chi connectivity index (χ1) is 21.0. The number of hydrogen-bond donors (Lipinski definition) is 11. The summed E-state index contributed by atoms with van der Waals surface area (Å²) < 4.78 is 114. The minimum Gasteiger partial charge on any atom is -0.387 e. The van der Waals surface area contributed by atoms with Gasteiger partial charge in [0.15, 0.2) is 17.7 Å². The van der Waals surface area contributed by atoms with Crippen LogP contribution in [0.1, 0.15) is 6.23 Å². The SMILES string of the molecule is Nc1ncnc2c1ncn2[C@@H]1O[C@H](COP(=O)(OP(=O)(O)OP(=O)(O)O)OP(=O)(O)OP(=O)(O)OP(=O)(O)OP(=O)(O)O)[C@@H](O)[C@H]1O. The van der Waals surface area contributed by atoms with E-state index in [2.05, 4.69) is 45.3 Å². The van der Waals surface area contributed by atoms with Crippen molar-refractivity contribution in [1.82, 2.24) is 19.5 Å². The first kappa shape index (κ1) is 40.7. The molecular weight excluding hydrogens is 807 g/mol. The van der Waals surface area contributed by atoms with Gasteiger partial charge in [-0.05, 0) is 0 Å². The molecule has 2 aromatic rings. The number of nitrogens with zero attached hydrogens (tertiary/aromatic N) is 4. The van der Waals surface area contributed by atoms with Crippen LogP contribution in [-0.4, -0.2) is 93.8 Å². The van der Waals surface area contributed by atoms with Gasteiger partial charge in [-0.25, -0.2) is 46.9 Å². The number of fused-ring (bicyclic) bond motifs is 1. The number of aliphatic hydroxyl groups is 2. The maximum Gasteiger partial charge on any atom is 0.492 e. The lowest BCUT2D eigenvalue weighted by Gasteiger charge is -2.24. The lowest BCUT2D eigenvalue weighted by Crippen LogP contribution is -2.33. The molecule has 37 heteroatoms. The fourth-order valence-electron chi connectivity index (χ4n) is 3.22. The van der Waals surface area contributed by atoms with E-state index in [1.807, 2.05) is 0 Å². The summed E-state index contributed by atoms with van der Waals surface area (Å²) >= 11 is 0. The van der Waals surface area contributed by atoms with Crippen molar-refractivity contribution in [2.75, 3.05) is 12.3 Å². The second-order valence-electron chi connectivity index (χ2n) is 8.22. The predicted octanol–water partition coefficient (Wildman–Crippen LogP) is -1.16. The fourth-order valence-corrected chi connectivity index (χ4v) is 12.1. The molecule has 0 bridgehead atoms. The van der Waals surface area contributed by atoms with Crippen molar-refractivity contribution in [2.45, 2.75) is 24.5 Å². The van der Waals surface area contributed by atoms with E-state index in [1.54, 1.807) is 0 Å². The Hall–Kier alpha value is -0.760. The Morgan fingerprint density at radius 1 is 0.702 bits per heavy atom. The van der Waals surface area contributed by atoms with Crippen molar-refractivity contribution in [3.63, 3.8) is 0 Å². The van der Waals surface area contributed by atoms with Crippen LogP contribution in [0.15, 0.2) is 12.7 Å². The summed E-state index contributed by atoms with van der Waals surface area (Å²) in [6.07, 6.45) is -5.52. The van der Waals surface area contributed by atoms with Crippen LogP contribution in [0, 0.1) is 0 Å². The van der Waals surface area contributed by atoms with Gasteiger partial charge in [0.05, 0.1) is 12.9 Å². The van der Waals surface area contributed by atoms with Gasteiger partial charge in [-0.2, -0.15) is 25.9 Å². The third-order valence-corrected chi connectivity index (χ3v) is 15.0. The Bertz CT molecular complexity index is 1820. The Morgan fingerprint density at radius 2 is 1.17 bits per heavy atom. The quantitative estimate of drug-likeness (QED) is 0.0889. The smallest absolute Gasteiger partial charge is 0.387 e. The van der Waals surface area contributed by atoms with Crippen molar-refractivity contribution in [3.8, 4) is 0 Å². The summed E-state index contributed by atoms with van der Waals surface area (Å²) in [6, 6.07) is 0. The Labute approximate surface area is 257 Å². The summed E-state index contributed by atoms with van der Waals surface area (Å²) in [5.41, 5.74) is 5.61. The molecule has 9 atom stereocenters. The lowest BCUT2D eigenvalue weighted by molar-refractivity contribution is -0.0502. The monoisotopic (exact) mass is 827 g/mol. The van der Waals surface area contributed by atoms with E-state index in [4.69, 9.17) is 34.9 Å². The molecule has 270 valence electrons. The zero-order valence-electron chi connectivity index (χ0n) is 21.8. The Morgan fingerprint density at radius 3 is 1.68 bits per heavy atom. The fraction of sp³-hybridized carbons (Fsp3) is 0.500. The summed E-state index contributed by atoms with van der Waals surface area (Å²) in [6.45, 7) is -1.49. The van der Waals surface area contributed by atoms with Crippen LogP contribution in [0.25, 0.3) is 11.2 Å². The van der Waals surface area contributed by atoms with Crippen LogP contribution < -0.4 is 5.73 Å². The van der Waals surface area contributed by atoms with E-state index < -0.39 is 85.9 Å². The van der Waals surface area contributed by atoms with E-state index in [-0.39, 0.29) is 17.0 Å². The van der Waals surface area contributed by atoms with Crippen molar-refractivity contribution in [3.05, 3.63) is 12.7 Å². The number of aliphatic hydroxyl groups excluding tert-OH is 2. The highest BCUT2D eigenvalue weighted by Gasteiger charge is 2.53. The number of ether oxygens (including phenoxy) is 1. The highest BCUT2D eigenvalue weighted by atomic mass is 31.3. The number of nitrogens with two attached hydrogens (primary N) is 1. The highest BCUT2D eigenvalue weighted by molar-refractivity contribution is 7.73. The van der Waals surface area contributed by atoms with E-state index in [0.717, 1.165) is 17.2 Å². The molecule has 1 fully saturated rings. The molecule has 1 aliphatic heterocycles. The number of rotatable bonds is 16. The van der Waals surface area contributed by atoms with E-state index in [1.165, 1.54) is 0 Å². The van der Waals surface area contributed by atoms with Crippen LogP contribution >= 0.6 is 54.8 Å². The maximum atomic E-state index is 13.1. The second-order valence-corrected chi connectivity index (χ2v) is 19.0. The molecule has 1 saturated heterocycles. The zero-order chi connectivity index (χ0) is 36.0. The molecule has 47 heavy (non-hydrogen) atoms. The minimum atomic E-state index is -6.69. The molecule has 2 aromatic heterocycles. The number of hydrogen-bond acceptors (Lipinski definition) is 21. The van der Waals surface area contributed by atoms with Gasteiger partial charge in [0.1, 0.15) is 30.2 Å². The van der Waals surface area contributed by atoms with Crippen molar-refractivity contribution in [1.29, 1.82) is 0 Å². The minimum absolute atomic E-state index is 0.00208. The number of phosphoric acid groups is 7. The van der Waals surface area contributed by atoms with Gasteiger partial charge in [-0.3, -0.25) is 9.09 Å². The molecule has 5 unspecified atom stereocenters. The van der Waals surface area contributed by atoms with Crippen LogP contribution in [0.4, 0.5) is 5.82 Å². The van der Waals surface area contributed by atoms with E-state index in [0.29, 0.717) is 0 Å². The number of nitrogen functional groups attached to an aromatic ring is 1. The summed E-state index contributed by atoms with van der Waals surface area (Å²) in [5.74, 6) is -0.118. The standard InChI is InChI=1S/C10H20N5O25P7/c11-8-5-9(13-2-12-8)15(3-14-5)10-7(17)6(16)4(34-10)1-33-47(32,39-44(26,27)36-42(21,22)23)40-46(30,31)38-45(28,29)37-43(24,25)35-41(18,19)20/h2-4,6-7,10,16-17H,1H2,(H,24,25)(H,26,27)(H,28,29)(H,30,31)(H2,11,12,13)(H2,18,19,20)(H2,21,22,23)/t4-,6-,7-,10-,47?/m1/s1. The second kappa shape index (κ2) is 14.1. The van der Waals surface area contributed by atoms with Crippen LogP contribution in [0.2, 0.25) is 0 Å². The lowest BCUT2D eigenvalue weighted by atomic mass is 10.1. The largest absolute Gasteiger partial charge is 0.492 e. The normalized spacial score (nSPS) is 27.4. The van der Waals surface area contributed by atoms with Gasteiger partial charge < -0.3 is 59.8 Å². The Kier molecular flexibility index (Phi) is 12.2. The average Bonchev–Trinajstić information content (AvgIpc) is 3.34. The van der Waals surface area contributed by atoms with Crippen LogP contribution in [0.3, 0.4) is 0 Å². The number of aromatic nitrogens is 4. The highest BCUT2D eigenvalue weighted by Crippen LogP contribution is 2.77. The molecule has 0 spiro atoms. The first-order valence-electron chi connectivity index (χ1n) is 10.9. The van der Waals surface area contributed by atoms with Crippen molar-refractivity contribution in [2.24, 2.45) is 0 Å². The topological polar surface area (TPSA) is 465 Å². The van der Waals surface area contributed by atoms with Gasteiger partial charge in [0.2, 0.25) is 0 Å². The molecule has 0 aromatic carbocycles.